The summed E-state index contributed by atoms with van der Waals surface area (Å²) in [6.45, 7) is 0. The number of alkyl halides is 2. The Hall–Kier alpha value is -2.26. The molecule has 1 fully saturated rings. The van der Waals surface area contributed by atoms with Gasteiger partial charge in [0.2, 0.25) is 15.0 Å². The third kappa shape index (κ3) is 3.74. The van der Waals surface area contributed by atoms with E-state index >= 15 is 0 Å². The Morgan fingerprint density at radius 2 is 1.70 bits per heavy atom. The van der Waals surface area contributed by atoms with Crippen molar-refractivity contribution in [3.63, 3.8) is 0 Å². The maximum Gasteiger partial charge on any atom is 0.341 e. The molecule has 0 aliphatic heterocycles. The molecule has 1 aromatic heterocycles. The Bertz CT molecular complexity index is 1050. The number of nitrogens with zero attached hydrogens (tertiary/aromatic N) is 3. The van der Waals surface area contributed by atoms with E-state index in [2.05, 4.69) is 10.1 Å². The summed E-state index contributed by atoms with van der Waals surface area (Å²) in [7, 11) is -4.59. The zero-order valence-electron chi connectivity index (χ0n) is 14.0. The van der Waals surface area contributed by atoms with Crippen molar-refractivity contribution >= 4 is 21.6 Å². The maximum absolute atomic E-state index is 12.6. The lowest BCUT2D eigenvalue weighted by Gasteiger charge is -2.04. The Labute approximate surface area is 159 Å². The van der Waals surface area contributed by atoms with Gasteiger partial charge >= 0.3 is 5.76 Å². The van der Waals surface area contributed by atoms with Crippen molar-refractivity contribution in [2.75, 3.05) is 0 Å². The number of halogens is 2. The summed E-state index contributed by atoms with van der Waals surface area (Å²) >= 11 is 1.26. The normalized spacial score (nSPS) is 14.6. The standard InChI is InChI=1S/C18H15F2N3O2S2/c19-17(20)27(24,25)15-10-8-14(9-11-15)26-18-21-16(12-6-7-12)23(22-18)13-4-2-1-3-5-13/h1-5,8-12,17H,6-7H2. The molecule has 0 unspecified atom stereocenters. The highest BCUT2D eigenvalue weighted by Gasteiger charge is 2.30. The van der Waals surface area contributed by atoms with Crippen LogP contribution in [0.2, 0.25) is 0 Å². The first kappa shape index (κ1) is 18.1. The molecule has 0 radical (unpaired) electrons. The van der Waals surface area contributed by atoms with Crippen molar-refractivity contribution < 1.29 is 17.2 Å². The number of para-hydroxylation sites is 1. The van der Waals surface area contributed by atoms with E-state index in [0.717, 1.165) is 24.4 Å². The lowest BCUT2D eigenvalue weighted by molar-refractivity contribution is 0.234. The summed E-state index contributed by atoms with van der Waals surface area (Å²) in [5, 5.41) is 5.10. The molecule has 3 aromatic rings. The molecule has 1 aliphatic rings. The number of hydrogen-bond donors (Lipinski definition) is 0. The molecule has 140 valence electrons. The molecule has 9 heteroatoms. The van der Waals surface area contributed by atoms with Crippen LogP contribution < -0.4 is 0 Å². The van der Waals surface area contributed by atoms with E-state index < -0.39 is 20.5 Å². The first-order valence-electron chi connectivity index (χ1n) is 8.27. The van der Waals surface area contributed by atoms with Crippen molar-refractivity contribution in [3.05, 3.63) is 60.4 Å². The minimum atomic E-state index is -4.59. The van der Waals surface area contributed by atoms with Gasteiger partial charge in [0.05, 0.1) is 10.6 Å². The summed E-state index contributed by atoms with van der Waals surface area (Å²) in [5.41, 5.74) is 0.928. The average Bonchev–Trinajstić information content (AvgIpc) is 3.43. The van der Waals surface area contributed by atoms with Crippen LogP contribution in [0.1, 0.15) is 24.6 Å². The molecule has 5 nitrogen and oxygen atoms in total. The van der Waals surface area contributed by atoms with Crippen molar-refractivity contribution in [2.45, 2.75) is 39.5 Å². The van der Waals surface area contributed by atoms with Crippen LogP contribution in [0, 0.1) is 0 Å². The molecule has 0 amide bonds. The van der Waals surface area contributed by atoms with Crippen LogP contribution in [0.15, 0.2) is 69.5 Å². The second-order valence-corrected chi connectivity index (χ2v) is 9.11. The van der Waals surface area contributed by atoms with E-state index in [4.69, 9.17) is 0 Å². The van der Waals surface area contributed by atoms with Crippen molar-refractivity contribution in [3.8, 4) is 5.69 Å². The highest BCUT2D eigenvalue weighted by atomic mass is 32.2. The molecule has 0 bridgehead atoms. The predicted molar refractivity (Wildman–Crippen MR) is 97.1 cm³/mol. The second kappa shape index (κ2) is 7.05. The van der Waals surface area contributed by atoms with Crippen LogP contribution in [-0.2, 0) is 9.84 Å². The number of sulfone groups is 1. The molecule has 0 atom stereocenters. The second-order valence-electron chi connectivity index (χ2n) is 6.15. The van der Waals surface area contributed by atoms with Crippen molar-refractivity contribution in [1.29, 1.82) is 0 Å². The molecule has 0 spiro atoms. The van der Waals surface area contributed by atoms with E-state index in [9.17, 15) is 17.2 Å². The topological polar surface area (TPSA) is 64.8 Å². The Morgan fingerprint density at radius 1 is 1.04 bits per heavy atom. The largest absolute Gasteiger partial charge is 0.341 e. The highest BCUT2D eigenvalue weighted by Crippen LogP contribution is 2.41. The van der Waals surface area contributed by atoms with Gasteiger partial charge in [-0.1, -0.05) is 18.2 Å². The first-order valence-corrected chi connectivity index (χ1v) is 10.6. The molecular formula is C18H15F2N3O2S2. The van der Waals surface area contributed by atoms with Gasteiger partial charge < -0.3 is 0 Å². The molecule has 0 saturated heterocycles. The van der Waals surface area contributed by atoms with Gasteiger partial charge in [-0.2, -0.15) is 8.78 Å². The van der Waals surface area contributed by atoms with Crippen LogP contribution in [0.3, 0.4) is 0 Å². The zero-order valence-corrected chi connectivity index (χ0v) is 15.6. The number of aromatic nitrogens is 3. The van der Waals surface area contributed by atoms with Gasteiger partial charge in [0, 0.05) is 10.8 Å². The number of benzene rings is 2. The summed E-state index contributed by atoms with van der Waals surface area (Å²) in [6, 6.07) is 15.0. The maximum atomic E-state index is 12.6. The predicted octanol–water partition coefficient (Wildman–Crippen LogP) is 4.29. The fourth-order valence-corrected chi connectivity index (χ4v) is 4.08. The van der Waals surface area contributed by atoms with Gasteiger partial charge in [-0.05, 0) is 61.0 Å². The minimum Gasteiger partial charge on any atom is -0.218 e. The zero-order chi connectivity index (χ0) is 19.0. The number of hydrogen-bond acceptors (Lipinski definition) is 5. The lowest BCUT2D eigenvalue weighted by atomic mass is 10.3. The monoisotopic (exact) mass is 407 g/mol. The highest BCUT2D eigenvalue weighted by molar-refractivity contribution is 7.99. The van der Waals surface area contributed by atoms with Gasteiger partial charge in [0.15, 0.2) is 0 Å². The average molecular weight is 407 g/mol. The van der Waals surface area contributed by atoms with E-state index in [0.29, 0.717) is 16.0 Å². The van der Waals surface area contributed by atoms with Gasteiger partial charge in [0.25, 0.3) is 0 Å². The smallest absolute Gasteiger partial charge is 0.218 e. The minimum absolute atomic E-state index is 0.394. The van der Waals surface area contributed by atoms with E-state index in [1.165, 1.54) is 36.0 Å². The molecule has 1 saturated carbocycles. The van der Waals surface area contributed by atoms with Crippen LogP contribution in [-0.4, -0.2) is 28.9 Å². The van der Waals surface area contributed by atoms with Crippen molar-refractivity contribution in [1.82, 2.24) is 14.8 Å². The summed E-state index contributed by atoms with van der Waals surface area (Å²) < 4.78 is 50.1. The first-order chi connectivity index (χ1) is 12.9. The molecule has 27 heavy (non-hydrogen) atoms. The number of rotatable bonds is 6. The Kier molecular flexibility index (Phi) is 4.73. The quantitative estimate of drug-likeness (QED) is 0.610. The molecule has 1 aliphatic carbocycles. The summed E-state index contributed by atoms with van der Waals surface area (Å²) in [4.78, 5) is 4.90. The van der Waals surface area contributed by atoms with E-state index in [1.807, 2.05) is 35.0 Å². The van der Waals surface area contributed by atoms with Gasteiger partial charge in [-0.25, -0.2) is 18.1 Å². The lowest BCUT2D eigenvalue weighted by Crippen LogP contribution is -2.11. The van der Waals surface area contributed by atoms with Crippen LogP contribution in [0.5, 0.6) is 0 Å². The van der Waals surface area contributed by atoms with Crippen molar-refractivity contribution in [2.24, 2.45) is 0 Å². The fraction of sp³-hybridized carbons (Fsp3) is 0.222. The third-order valence-electron chi connectivity index (χ3n) is 4.15. The molecule has 1 heterocycles. The van der Waals surface area contributed by atoms with E-state index in [1.54, 1.807) is 0 Å². The molecule has 4 rings (SSSR count). The van der Waals surface area contributed by atoms with E-state index in [-0.39, 0.29) is 0 Å². The molecular weight excluding hydrogens is 392 g/mol. The SMILES string of the molecule is O=S(=O)(c1ccc(Sc2nc(C3CC3)n(-c3ccccc3)n2)cc1)C(F)F. The van der Waals surface area contributed by atoms with Crippen LogP contribution in [0.4, 0.5) is 8.78 Å². The van der Waals surface area contributed by atoms with Crippen LogP contribution >= 0.6 is 11.8 Å². The van der Waals surface area contributed by atoms with Gasteiger partial charge in [-0.3, -0.25) is 0 Å². The Balaban J connectivity index is 1.60. The van der Waals surface area contributed by atoms with Gasteiger partial charge in [0.1, 0.15) is 5.82 Å². The molecule has 2 aromatic carbocycles. The summed E-state index contributed by atoms with van der Waals surface area (Å²) in [5.74, 6) is -2.13. The Morgan fingerprint density at radius 3 is 2.30 bits per heavy atom. The fourth-order valence-electron chi connectivity index (χ4n) is 2.62. The molecule has 0 N–H and O–H groups in total. The third-order valence-corrected chi connectivity index (χ3v) is 6.41. The summed E-state index contributed by atoms with van der Waals surface area (Å²) in [6.07, 6.45) is 2.16. The van der Waals surface area contributed by atoms with Gasteiger partial charge in [-0.15, -0.1) is 5.10 Å². The van der Waals surface area contributed by atoms with Crippen LogP contribution in [0.25, 0.3) is 5.69 Å².